The van der Waals surface area contributed by atoms with E-state index in [4.69, 9.17) is 9.15 Å². The van der Waals surface area contributed by atoms with Crippen LogP contribution in [0.25, 0.3) is 11.3 Å². The van der Waals surface area contributed by atoms with Crippen LogP contribution in [0.2, 0.25) is 0 Å². The number of nitrogens with zero attached hydrogens (tertiary/aromatic N) is 1. The second kappa shape index (κ2) is 6.03. The van der Waals surface area contributed by atoms with Crippen molar-refractivity contribution in [3.63, 3.8) is 0 Å². The Morgan fingerprint density at radius 2 is 2.05 bits per heavy atom. The molecule has 6 heteroatoms. The first-order valence-electron chi connectivity index (χ1n) is 6.63. The summed E-state index contributed by atoms with van der Waals surface area (Å²) in [5, 5.41) is 3.35. The molecule has 112 valence electrons. The number of ether oxygens (including phenoxy) is 1. The van der Waals surface area contributed by atoms with Gasteiger partial charge in [0.1, 0.15) is 12.0 Å². The van der Waals surface area contributed by atoms with Crippen molar-refractivity contribution in [2.75, 3.05) is 12.4 Å². The number of benzene rings is 1. The molecule has 0 atom stereocenters. The first-order chi connectivity index (χ1) is 10.7. The van der Waals surface area contributed by atoms with Crippen LogP contribution in [0.3, 0.4) is 0 Å². The molecule has 0 spiro atoms. The molecule has 3 aromatic rings. The van der Waals surface area contributed by atoms with Crippen molar-refractivity contribution in [2.24, 2.45) is 0 Å². The van der Waals surface area contributed by atoms with Crippen molar-refractivity contribution in [2.45, 2.75) is 6.92 Å². The lowest BCUT2D eigenvalue weighted by Crippen LogP contribution is -2.10. The number of carbonyl (C=O) groups excluding carboxylic acids is 1. The monoisotopic (exact) mass is 314 g/mol. The summed E-state index contributed by atoms with van der Waals surface area (Å²) in [5.74, 6) is 0.564. The van der Waals surface area contributed by atoms with Crippen molar-refractivity contribution >= 4 is 22.4 Å². The van der Waals surface area contributed by atoms with Crippen LogP contribution >= 0.6 is 11.3 Å². The van der Waals surface area contributed by atoms with E-state index < -0.39 is 0 Å². The van der Waals surface area contributed by atoms with Gasteiger partial charge in [0, 0.05) is 10.4 Å². The van der Waals surface area contributed by atoms with Gasteiger partial charge in [-0.05, 0) is 37.3 Å². The van der Waals surface area contributed by atoms with Crippen molar-refractivity contribution in [1.29, 1.82) is 0 Å². The Hall–Kier alpha value is -2.60. The van der Waals surface area contributed by atoms with E-state index in [1.165, 1.54) is 23.9 Å². The third-order valence-corrected chi connectivity index (χ3v) is 4.05. The first-order valence-corrected chi connectivity index (χ1v) is 7.44. The number of amides is 1. The quantitative estimate of drug-likeness (QED) is 0.791. The zero-order valence-electron chi connectivity index (χ0n) is 12.1. The molecule has 0 unspecified atom stereocenters. The van der Waals surface area contributed by atoms with Gasteiger partial charge in [-0.1, -0.05) is 0 Å². The minimum Gasteiger partial charge on any atom is -0.497 e. The lowest BCUT2D eigenvalue weighted by molar-refractivity contribution is 0.102. The highest BCUT2D eigenvalue weighted by Gasteiger charge is 2.13. The average molecular weight is 314 g/mol. The van der Waals surface area contributed by atoms with E-state index in [2.05, 4.69) is 10.3 Å². The van der Waals surface area contributed by atoms with Crippen molar-refractivity contribution in [1.82, 2.24) is 4.98 Å². The molecule has 2 heterocycles. The van der Waals surface area contributed by atoms with Crippen LogP contribution in [-0.2, 0) is 0 Å². The van der Waals surface area contributed by atoms with E-state index in [0.29, 0.717) is 10.7 Å². The van der Waals surface area contributed by atoms with E-state index in [1.54, 1.807) is 13.2 Å². The van der Waals surface area contributed by atoms with E-state index in [-0.39, 0.29) is 5.91 Å². The van der Waals surface area contributed by atoms with Crippen molar-refractivity contribution < 1.29 is 13.9 Å². The minimum absolute atomic E-state index is 0.233. The highest BCUT2D eigenvalue weighted by molar-refractivity contribution is 7.16. The smallest absolute Gasteiger partial charge is 0.260 e. The summed E-state index contributed by atoms with van der Waals surface area (Å²) in [6.45, 7) is 1.98. The Kier molecular flexibility index (Phi) is 3.93. The Bertz CT molecular complexity index is 776. The second-order valence-corrected chi connectivity index (χ2v) is 5.82. The maximum absolute atomic E-state index is 12.0. The molecule has 3 rings (SSSR count). The molecule has 1 aromatic carbocycles. The highest BCUT2D eigenvalue weighted by Crippen LogP contribution is 2.31. The number of thiazole rings is 1. The number of rotatable bonds is 4. The second-order valence-electron chi connectivity index (χ2n) is 4.62. The van der Waals surface area contributed by atoms with Crippen LogP contribution in [0.15, 0.2) is 47.3 Å². The van der Waals surface area contributed by atoms with Gasteiger partial charge in [-0.25, -0.2) is 4.98 Å². The molecule has 22 heavy (non-hydrogen) atoms. The molecule has 1 N–H and O–H groups in total. The summed E-state index contributed by atoms with van der Waals surface area (Å²) in [6, 6.07) is 9.28. The maximum Gasteiger partial charge on any atom is 0.260 e. The first kappa shape index (κ1) is 14.3. The number of anilines is 1. The summed E-state index contributed by atoms with van der Waals surface area (Å²) in [6.07, 6.45) is 2.87. The fourth-order valence-electron chi connectivity index (χ4n) is 2.03. The predicted octanol–water partition coefficient (Wildman–Crippen LogP) is 3.97. The summed E-state index contributed by atoms with van der Waals surface area (Å²) in [7, 11) is 1.63. The maximum atomic E-state index is 12.0. The predicted molar refractivity (Wildman–Crippen MR) is 85.5 cm³/mol. The molecule has 0 saturated carbocycles. The molecule has 0 bridgehead atoms. The molecule has 0 aliphatic heterocycles. The van der Waals surface area contributed by atoms with Gasteiger partial charge in [0.05, 0.1) is 24.6 Å². The number of nitrogens with one attached hydrogen (secondary N) is 1. The van der Waals surface area contributed by atoms with Gasteiger partial charge < -0.3 is 9.15 Å². The van der Waals surface area contributed by atoms with E-state index in [9.17, 15) is 4.79 Å². The number of hydrogen-bond acceptors (Lipinski definition) is 5. The van der Waals surface area contributed by atoms with E-state index in [1.807, 2.05) is 31.2 Å². The average Bonchev–Trinajstić information content (AvgIpc) is 3.17. The Morgan fingerprint density at radius 1 is 1.27 bits per heavy atom. The molecule has 5 nitrogen and oxygen atoms in total. The number of aromatic nitrogens is 1. The lowest BCUT2D eigenvalue weighted by atomic mass is 10.1. The van der Waals surface area contributed by atoms with Crippen LogP contribution in [0, 0.1) is 6.92 Å². The lowest BCUT2D eigenvalue weighted by Gasteiger charge is -2.01. The van der Waals surface area contributed by atoms with E-state index in [0.717, 1.165) is 21.9 Å². The largest absolute Gasteiger partial charge is 0.497 e. The molecule has 0 fully saturated rings. The topological polar surface area (TPSA) is 64.4 Å². The molecule has 0 radical (unpaired) electrons. The van der Waals surface area contributed by atoms with Crippen LogP contribution in [0.5, 0.6) is 5.75 Å². The molecule has 1 amide bonds. The third kappa shape index (κ3) is 2.87. The van der Waals surface area contributed by atoms with Gasteiger partial charge >= 0.3 is 0 Å². The fraction of sp³-hybridized carbons (Fsp3) is 0.125. The SMILES string of the molecule is COc1ccc(-c2nc(NC(=O)c3ccoc3)sc2C)cc1. The summed E-state index contributed by atoms with van der Waals surface area (Å²) in [4.78, 5) is 17.5. The summed E-state index contributed by atoms with van der Waals surface area (Å²) >= 11 is 1.44. The normalized spacial score (nSPS) is 10.5. The summed E-state index contributed by atoms with van der Waals surface area (Å²) in [5.41, 5.74) is 2.31. The Labute approximate surface area is 131 Å². The van der Waals surface area contributed by atoms with Gasteiger partial charge in [0.25, 0.3) is 5.91 Å². The molecule has 0 aliphatic rings. The zero-order valence-corrected chi connectivity index (χ0v) is 12.9. The van der Waals surface area contributed by atoms with E-state index >= 15 is 0 Å². The van der Waals surface area contributed by atoms with Gasteiger partial charge in [-0.15, -0.1) is 11.3 Å². The Morgan fingerprint density at radius 3 is 2.68 bits per heavy atom. The third-order valence-electron chi connectivity index (χ3n) is 3.16. The molecular weight excluding hydrogens is 300 g/mol. The number of methoxy groups -OCH3 is 1. The number of aryl methyl sites for hydroxylation is 1. The standard InChI is InChI=1S/C16H14N2O3S/c1-10-14(11-3-5-13(20-2)6-4-11)17-16(22-10)18-15(19)12-7-8-21-9-12/h3-9H,1-2H3,(H,17,18,19). The van der Waals surface area contributed by atoms with Crippen LogP contribution < -0.4 is 10.1 Å². The zero-order chi connectivity index (χ0) is 15.5. The molecular formula is C16H14N2O3S. The fourth-order valence-corrected chi connectivity index (χ4v) is 2.86. The van der Waals surface area contributed by atoms with Crippen molar-refractivity contribution in [3.8, 4) is 17.0 Å². The molecule has 0 saturated heterocycles. The van der Waals surface area contributed by atoms with Crippen LogP contribution in [0.1, 0.15) is 15.2 Å². The molecule has 0 aliphatic carbocycles. The number of furan rings is 1. The number of carbonyl (C=O) groups is 1. The van der Waals surface area contributed by atoms with Crippen LogP contribution in [0.4, 0.5) is 5.13 Å². The highest BCUT2D eigenvalue weighted by atomic mass is 32.1. The van der Waals surface area contributed by atoms with Gasteiger partial charge in [0.2, 0.25) is 0 Å². The van der Waals surface area contributed by atoms with Crippen LogP contribution in [-0.4, -0.2) is 18.0 Å². The van der Waals surface area contributed by atoms with Crippen molar-refractivity contribution in [3.05, 3.63) is 53.3 Å². The van der Waals surface area contributed by atoms with Gasteiger partial charge in [-0.2, -0.15) is 0 Å². The molecule has 2 aromatic heterocycles. The summed E-state index contributed by atoms with van der Waals surface area (Å²) < 4.78 is 10.1. The van der Waals surface area contributed by atoms with Gasteiger partial charge in [-0.3, -0.25) is 10.1 Å². The Balaban J connectivity index is 1.82. The van der Waals surface area contributed by atoms with Gasteiger partial charge in [0.15, 0.2) is 5.13 Å². The number of hydrogen-bond donors (Lipinski definition) is 1. The minimum atomic E-state index is -0.233.